The average molecular weight is 299 g/mol. The van der Waals surface area contributed by atoms with Crippen LogP contribution in [-0.4, -0.2) is 30.5 Å². The number of benzene rings is 1. The van der Waals surface area contributed by atoms with Crippen LogP contribution in [-0.2, 0) is 0 Å². The van der Waals surface area contributed by atoms with E-state index < -0.39 is 0 Å². The van der Waals surface area contributed by atoms with Gasteiger partial charge in [-0.3, -0.25) is 0 Å². The molecule has 0 aromatic heterocycles. The van der Waals surface area contributed by atoms with Crippen LogP contribution < -0.4 is 3.61 Å². The first kappa shape index (κ1) is 7.63. The summed E-state index contributed by atoms with van der Waals surface area (Å²) < 4.78 is 1.60. The van der Waals surface area contributed by atoms with Gasteiger partial charge in [-0.05, 0) is 0 Å². The van der Waals surface area contributed by atoms with Gasteiger partial charge in [-0.15, -0.1) is 0 Å². The summed E-state index contributed by atoms with van der Waals surface area (Å²) in [4.78, 5) is 0. The van der Waals surface area contributed by atoms with Gasteiger partial charge in [0.05, 0.1) is 0 Å². The fraction of sp³-hybridized carbons (Fsp3) is 0.143. The first-order valence-corrected chi connectivity index (χ1v) is 11.2. The van der Waals surface area contributed by atoms with Gasteiger partial charge in [-0.1, -0.05) is 0 Å². The van der Waals surface area contributed by atoms with Crippen LogP contribution in [0.3, 0.4) is 0 Å². The summed E-state index contributed by atoms with van der Waals surface area (Å²) in [6.07, 6.45) is 0. The molecule has 0 fully saturated rings. The van der Waals surface area contributed by atoms with Gasteiger partial charge in [0, 0.05) is 0 Å². The van der Waals surface area contributed by atoms with Gasteiger partial charge in [0.15, 0.2) is 0 Å². The number of rotatable bonds is 2. The second-order valence-electron chi connectivity index (χ2n) is 1.56. The molecule has 2 heteroatoms. The summed E-state index contributed by atoms with van der Waals surface area (Å²) in [5.41, 5.74) is 0. The van der Waals surface area contributed by atoms with Gasteiger partial charge >= 0.3 is 70.2 Å². The summed E-state index contributed by atoms with van der Waals surface area (Å²) >= 11 is 1.14. The van der Waals surface area contributed by atoms with Crippen LogP contribution >= 0.6 is 0 Å². The van der Waals surface area contributed by atoms with Crippen LogP contribution in [0.25, 0.3) is 0 Å². The quantitative estimate of drug-likeness (QED) is 0.705. The Morgan fingerprint density at radius 3 is 2.44 bits per heavy atom. The molecule has 0 heterocycles. The second kappa shape index (κ2) is 4.36. The molecule has 1 rings (SSSR count). The molecule has 0 saturated carbocycles. The molecular weight excluding hydrogens is 291 g/mol. The summed E-state index contributed by atoms with van der Waals surface area (Å²) in [6.45, 7) is 0. The van der Waals surface area contributed by atoms with Gasteiger partial charge in [0.1, 0.15) is 0 Å². The van der Waals surface area contributed by atoms with E-state index in [2.05, 4.69) is 36.2 Å². The van der Waals surface area contributed by atoms with Crippen molar-refractivity contribution < 1.29 is 0 Å². The Kier molecular flexibility index (Phi) is 3.70. The SMILES string of the molecule is C[Se][Te]c1ccccc1. The van der Waals surface area contributed by atoms with Crippen molar-refractivity contribution in [3.05, 3.63) is 30.3 Å². The first-order valence-electron chi connectivity index (χ1n) is 2.69. The van der Waals surface area contributed by atoms with Crippen LogP contribution in [0.5, 0.6) is 0 Å². The third-order valence-electron chi connectivity index (χ3n) is 0.923. The van der Waals surface area contributed by atoms with Crippen molar-refractivity contribution in [3.8, 4) is 0 Å². The molecule has 0 aliphatic carbocycles. The molecule has 0 atom stereocenters. The maximum absolute atomic E-state index is 2.32. The van der Waals surface area contributed by atoms with Crippen LogP contribution in [0.1, 0.15) is 0 Å². The van der Waals surface area contributed by atoms with Crippen molar-refractivity contribution in [2.75, 3.05) is 0 Å². The normalized spacial score (nSPS) is 9.44. The Hall–Kier alpha value is 0.529. The van der Waals surface area contributed by atoms with Crippen LogP contribution in [0, 0.1) is 0 Å². The third kappa shape index (κ3) is 2.74. The standard InChI is InChI=1S/C7H8SeTe/c1-8-9-7-5-3-2-4-6-7/h2-6H,1H3. The van der Waals surface area contributed by atoms with Crippen LogP contribution in [0.2, 0.25) is 5.82 Å². The van der Waals surface area contributed by atoms with E-state index in [9.17, 15) is 0 Å². The topological polar surface area (TPSA) is 0 Å². The predicted molar refractivity (Wildman–Crippen MR) is 43.4 cm³/mol. The molecule has 0 unspecified atom stereocenters. The zero-order chi connectivity index (χ0) is 6.53. The van der Waals surface area contributed by atoms with Crippen molar-refractivity contribution >= 4 is 34.1 Å². The van der Waals surface area contributed by atoms with E-state index in [1.807, 2.05) is 0 Å². The van der Waals surface area contributed by atoms with E-state index in [0.717, 1.165) is 11.8 Å². The summed E-state index contributed by atoms with van der Waals surface area (Å²) in [5, 5.41) is 0. The minimum absolute atomic E-state index is 0.233. The zero-order valence-corrected chi connectivity index (χ0v) is 9.25. The molecule has 9 heavy (non-hydrogen) atoms. The van der Waals surface area contributed by atoms with E-state index in [0.29, 0.717) is 0 Å². The van der Waals surface area contributed by atoms with Crippen molar-refractivity contribution in [3.63, 3.8) is 0 Å². The Labute approximate surface area is 69.9 Å². The monoisotopic (exact) mass is 302 g/mol. The maximum atomic E-state index is 2.32. The molecular formula is C7H8SeTe. The minimum atomic E-state index is 0.233. The molecule has 0 aliphatic heterocycles. The Balaban J connectivity index is 2.61. The second-order valence-corrected chi connectivity index (χ2v) is 11.4. The van der Waals surface area contributed by atoms with Crippen molar-refractivity contribution in [1.29, 1.82) is 0 Å². The fourth-order valence-electron chi connectivity index (χ4n) is 0.572. The van der Waals surface area contributed by atoms with Gasteiger partial charge in [-0.25, -0.2) is 0 Å². The van der Waals surface area contributed by atoms with E-state index >= 15 is 0 Å². The third-order valence-corrected chi connectivity index (χ3v) is 7.78. The van der Waals surface area contributed by atoms with Gasteiger partial charge in [-0.2, -0.15) is 0 Å². The summed E-state index contributed by atoms with van der Waals surface area (Å²) in [7, 11) is 0. The first-order chi connectivity index (χ1) is 4.43. The van der Waals surface area contributed by atoms with E-state index in [4.69, 9.17) is 0 Å². The molecule has 0 N–H and O–H groups in total. The zero-order valence-electron chi connectivity index (χ0n) is 5.20. The van der Waals surface area contributed by atoms with Gasteiger partial charge < -0.3 is 0 Å². The average Bonchev–Trinajstić information content (AvgIpc) is 1.91. The molecule has 0 bridgehead atoms. The molecule has 0 radical (unpaired) electrons. The summed E-state index contributed by atoms with van der Waals surface area (Å²) in [5.74, 6) is 2.32. The Bertz CT molecular complexity index is 162. The summed E-state index contributed by atoms with van der Waals surface area (Å²) in [6, 6.07) is 10.8. The molecule has 0 aliphatic rings. The Morgan fingerprint density at radius 1 is 1.22 bits per heavy atom. The van der Waals surface area contributed by atoms with Crippen LogP contribution in [0.15, 0.2) is 30.3 Å². The fourth-order valence-corrected chi connectivity index (χ4v) is 6.16. The van der Waals surface area contributed by atoms with Crippen molar-refractivity contribution in [1.82, 2.24) is 0 Å². The van der Waals surface area contributed by atoms with Gasteiger partial charge in [0.2, 0.25) is 0 Å². The van der Waals surface area contributed by atoms with Gasteiger partial charge in [0.25, 0.3) is 0 Å². The molecule has 0 amide bonds. The molecule has 0 nitrogen and oxygen atoms in total. The Morgan fingerprint density at radius 2 is 1.89 bits per heavy atom. The molecule has 0 saturated heterocycles. The number of hydrogen-bond donors (Lipinski definition) is 0. The van der Waals surface area contributed by atoms with Crippen LogP contribution in [0.4, 0.5) is 0 Å². The van der Waals surface area contributed by atoms with E-state index in [1.165, 1.54) is 0 Å². The van der Waals surface area contributed by atoms with E-state index in [-0.39, 0.29) is 18.7 Å². The van der Waals surface area contributed by atoms with Crippen molar-refractivity contribution in [2.45, 2.75) is 5.82 Å². The molecule has 0 spiro atoms. The predicted octanol–water partition coefficient (Wildman–Crippen LogP) is 0.683. The van der Waals surface area contributed by atoms with Crippen molar-refractivity contribution in [2.24, 2.45) is 0 Å². The van der Waals surface area contributed by atoms with E-state index in [1.54, 1.807) is 3.61 Å². The number of hydrogen-bond acceptors (Lipinski definition) is 0. The molecule has 1 aromatic carbocycles. The molecule has 48 valence electrons. The molecule has 1 aromatic rings.